The van der Waals surface area contributed by atoms with Crippen LogP contribution in [0.15, 0.2) is 16.6 Å². The average Bonchev–Trinajstić information content (AvgIpc) is 2.43. The number of nitrogens with one attached hydrogen (secondary N) is 1. The van der Waals surface area contributed by atoms with Gasteiger partial charge in [0.25, 0.3) is 0 Å². The molecule has 21 heavy (non-hydrogen) atoms. The third-order valence-corrected chi connectivity index (χ3v) is 3.62. The third kappa shape index (κ3) is 5.85. The van der Waals surface area contributed by atoms with Crippen LogP contribution in [-0.2, 0) is 6.54 Å². The Morgan fingerprint density at radius 2 is 2.00 bits per heavy atom. The van der Waals surface area contributed by atoms with E-state index < -0.39 is 0 Å². The fourth-order valence-electron chi connectivity index (χ4n) is 1.94. The van der Waals surface area contributed by atoms with E-state index in [4.69, 9.17) is 9.47 Å². The molecule has 0 fully saturated rings. The molecule has 4 nitrogen and oxygen atoms in total. The summed E-state index contributed by atoms with van der Waals surface area (Å²) in [5, 5.41) is 12.5. The standard InChI is InChI=1S/C16H26BrNO3/c1-5-13(10-19)18-9-12-7-14(17)16(21-11(3)4)15(8-12)20-6-2/h7-8,11,13,18-19H,5-6,9-10H2,1-4H3/t13-/m1/s1. The highest BCUT2D eigenvalue weighted by atomic mass is 79.9. The first kappa shape index (κ1) is 18.3. The van der Waals surface area contributed by atoms with Crippen molar-refractivity contribution in [2.75, 3.05) is 13.2 Å². The number of aliphatic hydroxyl groups is 1. The van der Waals surface area contributed by atoms with Crippen molar-refractivity contribution in [3.63, 3.8) is 0 Å². The number of hydrogen-bond donors (Lipinski definition) is 2. The molecule has 0 aliphatic rings. The van der Waals surface area contributed by atoms with Crippen LogP contribution >= 0.6 is 15.9 Å². The van der Waals surface area contributed by atoms with Crippen LogP contribution in [0.5, 0.6) is 11.5 Å². The minimum Gasteiger partial charge on any atom is -0.490 e. The number of halogens is 1. The highest BCUT2D eigenvalue weighted by Gasteiger charge is 2.14. The molecule has 0 unspecified atom stereocenters. The van der Waals surface area contributed by atoms with Crippen LogP contribution in [0, 0.1) is 0 Å². The van der Waals surface area contributed by atoms with E-state index >= 15 is 0 Å². The summed E-state index contributed by atoms with van der Waals surface area (Å²) in [6.07, 6.45) is 0.980. The molecule has 0 spiro atoms. The Labute approximate surface area is 136 Å². The molecule has 120 valence electrons. The second kappa shape index (κ2) is 9.28. The summed E-state index contributed by atoms with van der Waals surface area (Å²) in [7, 11) is 0. The molecule has 0 aliphatic heterocycles. The predicted molar refractivity (Wildman–Crippen MR) is 89.1 cm³/mol. The summed E-state index contributed by atoms with van der Waals surface area (Å²) in [6.45, 7) is 9.40. The number of rotatable bonds is 9. The van der Waals surface area contributed by atoms with E-state index in [-0.39, 0.29) is 18.8 Å². The minimum absolute atomic E-state index is 0.0864. The highest BCUT2D eigenvalue weighted by Crippen LogP contribution is 2.37. The summed E-state index contributed by atoms with van der Waals surface area (Å²) in [5.41, 5.74) is 1.09. The van der Waals surface area contributed by atoms with Crippen LogP contribution < -0.4 is 14.8 Å². The first-order valence-electron chi connectivity index (χ1n) is 7.47. The van der Waals surface area contributed by atoms with Gasteiger partial charge in [0, 0.05) is 12.6 Å². The molecule has 0 aliphatic carbocycles. The Hall–Kier alpha value is -0.780. The molecule has 1 aromatic carbocycles. The van der Waals surface area contributed by atoms with E-state index in [1.54, 1.807) is 0 Å². The van der Waals surface area contributed by atoms with Gasteiger partial charge in [0.05, 0.1) is 23.8 Å². The lowest BCUT2D eigenvalue weighted by Gasteiger charge is -2.19. The smallest absolute Gasteiger partial charge is 0.175 e. The zero-order valence-electron chi connectivity index (χ0n) is 13.3. The van der Waals surface area contributed by atoms with Gasteiger partial charge in [-0.3, -0.25) is 0 Å². The van der Waals surface area contributed by atoms with Crippen molar-refractivity contribution in [3.05, 3.63) is 22.2 Å². The lowest BCUT2D eigenvalue weighted by molar-refractivity contribution is 0.222. The average molecular weight is 360 g/mol. The van der Waals surface area contributed by atoms with Gasteiger partial charge in [0.15, 0.2) is 11.5 Å². The fraction of sp³-hybridized carbons (Fsp3) is 0.625. The molecule has 1 atom stereocenters. The Balaban J connectivity index is 2.92. The van der Waals surface area contributed by atoms with Gasteiger partial charge in [-0.05, 0) is 60.8 Å². The minimum atomic E-state index is 0.0864. The molecule has 0 amide bonds. The molecule has 0 saturated heterocycles. The molecule has 0 aromatic heterocycles. The largest absolute Gasteiger partial charge is 0.490 e. The molecular formula is C16H26BrNO3. The van der Waals surface area contributed by atoms with Crippen molar-refractivity contribution in [3.8, 4) is 11.5 Å². The molecule has 2 N–H and O–H groups in total. The van der Waals surface area contributed by atoms with Gasteiger partial charge in [0.1, 0.15) is 0 Å². The van der Waals surface area contributed by atoms with Gasteiger partial charge in [0.2, 0.25) is 0 Å². The molecule has 0 bridgehead atoms. The van der Waals surface area contributed by atoms with Crippen molar-refractivity contribution in [2.45, 2.75) is 52.8 Å². The van der Waals surface area contributed by atoms with Crippen LogP contribution in [0.2, 0.25) is 0 Å². The molecule has 1 rings (SSSR count). The molecule has 0 radical (unpaired) electrons. The van der Waals surface area contributed by atoms with Gasteiger partial charge in [-0.1, -0.05) is 6.92 Å². The van der Waals surface area contributed by atoms with E-state index in [9.17, 15) is 5.11 Å². The maximum atomic E-state index is 9.22. The van der Waals surface area contributed by atoms with Gasteiger partial charge >= 0.3 is 0 Å². The second-order valence-electron chi connectivity index (χ2n) is 5.17. The Morgan fingerprint density at radius 1 is 1.29 bits per heavy atom. The second-order valence-corrected chi connectivity index (χ2v) is 6.03. The van der Waals surface area contributed by atoms with E-state index in [0.717, 1.165) is 28.0 Å². The Kier molecular flexibility index (Phi) is 8.07. The van der Waals surface area contributed by atoms with Crippen LogP contribution in [0.4, 0.5) is 0 Å². The lowest BCUT2D eigenvalue weighted by atomic mass is 10.1. The first-order valence-corrected chi connectivity index (χ1v) is 8.27. The predicted octanol–water partition coefficient (Wildman–Crippen LogP) is 3.50. The summed E-state index contributed by atoms with van der Waals surface area (Å²) >= 11 is 3.56. The third-order valence-electron chi connectivity index (χ3n) is 3.03. The lowest BCUT2D eigenvalue weighted by Crippen LogP contribution is -2.31. The SMILES string of the molecule is CCOc1cc(CN[C@H](CC)CO)cc(Br)c1OC(C)C. The van der Waals surface area contributed by atoms with Crippen LogP contribution in [-0.4, -0.2) is 30.5 Å². The highest BCUT2D eigenvalue weighted by molar-refractivity contribution is 9.10. The summed E-state index contributed by atoms with van der Waals surface area (Å²) < 4.78 is 12.4. The summed E-state index contributed by atoms with van der Waals surface area (Å²) in [5.74, 6) is 1.49. The van der Waals surface area contributed by atoms with Gasteiger partial charge < -0.3 is 19.9 Å². The molecule has 1 aromatic rings. The zero-order valence-corrected chi connectivity index (χ0v) is 14.9. The van der Waals surface area contributed by atoms with Crippen LogP contribution in [0.1, 0.15) is 39.7 Å². The van der Waals surface area contributed by atoms with Gasteiger partial charge in [-0.15, -0.1) is 0 Å². The normalized spacial score (nSPS) is 12.5. The van der Waals surface area contributed by atoms with E-state index in [1.807, 2.05) is 32.9 Å². The number of hydrogen-bond acceptors (Lipinski definition) is 4. The van der Waals surface area contributed by atoms with E-state index in [1.165, 1.54) is 0 Å². The van der Waals surface area contributed by atoms with E-state index in [2.05, 4.69) is 28.2 Å². The van der Waals surface area contributed by atoms with Crippen molar-refractivity contribution >= 4 is 15.9 Å². The quantitative estimate of drug-likeness (QED) is 0.708. The number of ether oxygens (including phenoxy) is 2. The Bertz CT molecular complexity index is 434. The van der Waals surface area contributed by atoms with Gasteiger partial charge in [-0.25, -0.2) is 0 Å². The van der Waals surface area contributed by atoms with Crippen molar-refractivity contribution in [1.29, 1.82) is 0 Å². The molecule has 5 heteroatoms. The van der Waals surface area contributed by atoms with E-state index in [0.29, 0.717) is 13.2 Å². The molecule has 0 heterocycles. The van der Waals surface area contributed by atoms with Crippen molar-refractivity contribution in [1.82, 2.24) is 5.32 Å². The molecular weight excluding hydrogens is 334 g/mol. The topological polar surface area (TPSA) is 50.7 Å². The zero-order chi connectivity index (χ0) is 15.8. The van der Waals surface area contributed by atoms with Crippen molar-refractivity contribution in [2.24, 2.45) is 0 Å². The number of benzene rings is 1. The molecule has 0 saturated carbocycles. The summed E-state index contributed by atoms with van der Waals surface area (Å²) in [6, 6.07) is 4.13. The maximum absolute atomic E-state index is 9.22. The van der Waals surface area contributed by atoms with Crippen molar-refractivity contribution < 1.29 is 14.6 Å². The first-order chi connectivity index (χ1) is 10.0. The number of aliphatic hydroxyl groups excluding tert-OH is 1. The van der Waals surface area contributed by atoms with Crippen LogP contribution in [0.3, 0.4) is 0 Å². The maximum Gasteiger partial charge on any atom is 0.175 e. The van der Waals surface area contributed by atoms with Gasteiger partial charge in [-0.2, -0.15) is 0 Å². The summed E-state index contributed by atoms with van der Waals surface area (Å²) in [4.78, 5) is 0. The monoisotopic (exact) mass is 359 g/mol. The Morgan fingerprint density at radius 3 is 2.52 bits per heavy atom. The van der Waals surface area contributed by atoms with Crippen LogP contribution in [0.25, 0.3) is 0 Å². The fourth-order valence-corrected chi connectivity index (χ4v) is 2.52.